The van der Waals surface area contributed by atoms with Crippen molar-refractivity contribution in [3.05, 3.63) is 12.2 Å². The molecular weight excluding hydrogens is 248 g/mol. The summed E-state index contributed by atoms with van der Waals surface area (Å²) < 4.78 is 9.42. The maximum atomic E-state index is 11.8. The van der Waals surface area contributed by atoms with Gasteiger partial charge < -0.3 is 9.47 Å². The van der Waals surface area contributed by atoms with Crippen molar-refractivity contribution in [1.82, 2.24) is 0 Å². The second-order valence-corrected chi connectivity index (χ2v) is 4.49. The van der Waals surface area contributed by atoms with Crippen LogP contribution in [0, 0.1) is 5.92 Å². The minimum Gasteiger partial charge on any atom is -0.463 e. The Bertz CT molecular complexity index is 353. The molecule has 0 aliphatic heterocycles. The van der Waals surface area contributed by atoms with Crippen LogP contribution in [0.4, 0.5) is 0 Å². The lowest BCUT2D eigenvalue weighted by atomic mass is 9.86. The number of rotatable bonds is 6. The quantitative estimate of drug-likeness (QED) is 0.542. The van der Waals surface area contributed by atoms with Crippen LogP contribution in [0.5, 0.6) is 0 Å². The minimum absolute atomic E-state index is 0.0237. The van der Waals surface area contributed by atoms with E-state index in [2.05, 4.69) is 4.74 Å². The Balaban J connectivity index is 2.25. The molecular formula is C14H20O5. The maximum Gasteiger partial charge on any atom is 0.331 e. The summed E-state index contributed by atoms with van der Waals surface area (Å²) >= 11 is 0. The molecule has 0 atom stereocenters. The van der Waals surface area contributed by atoms with E-state index in [4.69, 9.17) is 4.74 Å². The monoisotopic (exact) mass is 268 g/mol. The van der Waals surface area contributed by atoms with Crippen molar-refractivity contribution in [3.8, 4) is 0 Å². The molecule has 0 bridgehead atoms. The highest BCUT2D eigenvalue weighted by molar-refractivity contribution is 5.93. The Morgan fingerprint density at radius 2 is 1.58 bits per heavy atom. The van der Waals surface area contributed by atoms with Crippen LogP contribution in [-0.4, -0.2) is 30.9 Å². The van der Waals surface area contributed by atoms with Crippen molar-refractivity contribution in [2.45, 2.75) is 39.0 Å². The predicted molar refractivity (Wildman–Crippen MR) is 68.3 cm³/mol. The smallest absolute Gasteiger partial charge is 0.331 e. The highest BCUT2D eigenvalue weighted by Crippen LogP contribution is 2.24. The van der Waals surface area contributed by atoms with Gasteiger partial charge in [0.2, 0.25) is 0 Å². The first-order valence-corrected chi connectivity index (χ1v) is 6.67. The molecule has 0 saturated heterocycles. The van der Waals surface area contributed by atoms with Crippen LogP contribution in [0.2, 0.25) is 0 Å². The van der Waals surface area contributed by atoms with Crippen molar-refractivity contribution in [1.29, 1.82) is 0 Å². The molecule has 0 aromatic heterocycles. The molecule has 0 N–H and O–H groups in total. The Labute approximate surface area is 112 Å². The maximum absolute atomic E-state index is 11.8. The second-order valence-electron chi connectivity index (χ2n) is 4.49. The second kappa shape index (κ2) is 8.45. The number of esters is 2. The molecule has 106 valence electrons. The van der Waals surface area contributed by atoms with Gasteiger partial charge in [-0.1, -0.05) is 19.3 Å². The summed E-state index contributed by atoms with van der Waals surface area (Å²) in [6, 6.07) is 0. The molecule has 5 nitrogen and oxygen atoms in total. The fourth-order valence-corrected chi connectivity index (χ4v) is 2.06. The Kier molecular flexibility index (Phi) is 6.85. The van der Waals surface area contributed by atoms with Gasteiger partial charge in [-0.05, 0) is 19.8 Å². The Hall–Kier alpha value is -1.65. The van der Waals surface area contributed by atoms with Crippen LogP contribution in [0.3, 0.4) is 0 Å². The molecule has 1 aliphatic rings. The van der Waals surface area contributed by atoms with Gasteiger partial charge >= 0.3 is 11.9 Å². The summed E-state index contributed by atoms with van der Waals surface area (Å²) in [4.78, 5) is 34.0. The van der Waals surface area contributed by atoms with Crippen molar-refractivity contribution in [2.75, 3.05) is 13.2 Å². The number of Topliss-reactive ketones (excluding diaryl/α,β-unsaturated/α-hetero) is 1. The van der Waals surface area contributed by atoms with E-state index in [0.29, 0.717) is 0 Å². The fraction of sp³-hybridized carbons (Fsp3) is 0.643. The predicted octanol–water partition coefficient (Wildman–Crippen LogP) is 1.80. The number of carbonyl (C=O) groups excluding carboxylic acids is 3. The van der Waals surface area contributed by atoms with Gasteiger partial charge in [-0.25, -0.2) is 9.59 Å². The molecule has 19 heavy (non-hydrogen) atoms. The third-order valence-electron chi connectivity index (χ3n) is 3.06. The molecule has 0 unspecified atom stereocenters. The van der Waals surface area contributed by atoms with Gasteiger partial charge in [-0.15, -0.1) is 0 Å². The molecule has 1 rings (SSSR count). The van der Waals surface area contributed by atoms with E-state index in [1.807, 2.05) is 0 Å². The van der Waals surface area contributed by atoms with Gasteiger partial charge in [0.05, 0.1) is 6.61 Å². The average molecular weight is 268 g/mol. The van der Waals surface area contributed by atoms with Gasteiger partial charge in [-0.2, -0.15) is 0 Å². The first-order valence-electron chi connectivity index (χ1n) is 6.67. The van der Waals surface area contributed by atoms with E-state index >= 15 is 0 Å². The molecule has 5 heteroatoms. The SMILES string of the molecule is CCOC(=O)/C=C/C(=O)OCC(=O)C1CCCCC1. The summed E-state index contributed by atoms with van der Waals surface area (Å²) in [6.07, 6.45) is 7.04. The zero-order valence-corrected chi connectivity index (χ0v) is 11.2. The first kappa shape index (κ1) is 15.4. The van der Waals surface area contributed by atoms with Gasteiger partial charge in [0.25, 0.3) is 0 Å². The van der Waals surface area contributed by atoms with Crippen molar-refractivity contribution >= 4 is 17.7 Å². The summed E-state index contributed by atoms with van der Waals surface area (Å²) in [5.41, 5.74) is 0. The normalized spacial score (nSPS) is 16.3. The summed E-state index contributed by atoms with van der Waals surface area (Å²) in [6.45, 7) is 1.71. The van der Waals surface area contributed by atoms with Crippen LogP contribution in [0.15, 0.2) is 12.2 Å². The molecule has 1 aliphatic carbocycles. The molecule has 0 aromatic rings. The van der Waals surface area contributed by atoms with E-state index in [9.17, 15) is 14.4 Å². The van der Waals surface area contributed by atoms with Gasteiger partial charge in [0, 0.05) is 18.1 Å². The number of hydrogen-bond donors (Lipinski definition) is 0. The number of ketones is 1. The molecule has 0 aromatic carbocycles. The van der Waals surface area contributed by atoms with E-state index in [-0.39, 0.29) is 24.9 Å². The van der Waals surface area contributed by atoms with Crippen LogP contribution in [0.1, 0.15) is 39.0 Å². The van der Waals surface area contributed by atoms with Crippen molar-refractivity contribution in [2.24, 2.45) is 5.92 Å². The van der Waals surface area contributed by atoms with Crippen molar-refractivity contribution < 1.29 is 23.9 Å². The lowest BCUT2D eigenvalue weighted by Crippen LogP contribution is -2.23. The largest absolute Gasteiger partial charge is 0.463 e. The number of hydrogen-bond acceptors (Lipinski definition) is 5. The van der Waals surface area contributed by atoms with Crippen LogP contribution in [-0.2, 0) is 23.9 Å². The lowest BCUT2D eigenvalue weighted by molar-refractivity contribution is -0.145. The lowest BCUT2D eigenvalue weighted by Gasteiger charge is -2.19. The number of ether oxygens (including phenoxy) is 2. The van der Waals surface area contributed by atoms with Gasteiger partial charge in [0.1, 0.15) is 0 Å². The average Bonchev–Trinajstić information content (AvgIpc) is 2.44. The summed E-state index contributed by atoms with van der Waals surface area (Å²) in [7, 11) is 0. The fourth-order valence-electron chi connectivity index (χ4n) is 2.06. The molecule has 0 spiro atoms. The first-order chi connectivity index (χ1) is 9.13. The summed E-state index contributed by atoms with van der Waals surface area (Å²) in [5.74, 6) is -1.30. The third-order valence-corrected chi connectivity index (χ3v) is 3.06. The highest BCUT2D eigenvalue weighted by Gasteiger charge is 2.21. The Morgan fingerprint density at radius 3 is 2.16 bits per heavy atom. The minimum atomic E-state index is -0.697. The molecule has 0 amide bonds. The highest BCUT2D eigenvalue weighted by atomic mass is 16.5. The topological polar surface area (TPSA) is 69.7 Å². The van der Waals surface area contributed by atoms with Crippen molar-refractivity contribution in [3.63, 3.8) is 0 Å². The van der Waals surface area contributed by atoms with E-state index in [1.165, 1.54) is 6.42 Å². The van der Waals surface area contributed by atoms with Gasteiger partial charge in [0.15, 0.2) is 12.4 Å². The van der Waals surface area contributed by atoms with E-state index < -0.39 is 11.9 Å². The molecule has 1 fully saturated rings. The van der Waals surface area contributed by atoms with Crippen LogP contribution < -0.4 is 0 Å². The van der Waals surface area contributed by atoms with E-state index in [0.717, 1.165) is 37.8 Å². The van der Waals surface area contributed by atoms with Gasteiger partial charge in [-0.3, -0.25) is 4.79 Å². The summed E-state index contributed by atoms with van der Waals surface area (Å²) in [5, 5.41) is 0. The standard InChI is InChI=1S/C14H20O5/c1-2-18-13(16)8-9-14(17)19-10-12(15)11-6-4-3-5-7-11/h8-9,11H,2-7,10H2,1H3/b9-8+. The molecule has 1 saturated carbocycles. The van der Waals surface area contributed by atoms with E-state index in [1.54, 1.807) is 6.92 Å². The number of carbonyl (C=O) groups is 3. The van der Waals surface area contributed by atoms with Crippen LogP contribution in [0.25, 0.3) is 0 Å². The zero-order chi connectivity index (χ0) is 14.1. The third kappa shape index (κ3) is 6.18. The Morgan fingerprint density at radius 1 is 1.00 bits per heavy atom. The van der Waals surface area contributed by atoms with Crippen LogP contribution >= 0.6 is 0 Å². The zero-order valence-electron chi connectivity index (χ0n) is 11.2. The molecule has 0 heterocycles. The molecule has 0 radical (unpaired) electrons.